The summed E-state index contributed by atoms with van der Waals surface area (Å²) in [6.45, 7) is 6.82. The van der Waals surface area contributed by atoms with Gasteiger partial charge in [0.25, 0.3) is 0 Å². The zero-order chi connectivity index (χ0) is 40.2. The average Bonchev–Trinajstić information content (AvgIpc) is 3.31. The number of nitrogens with zero attached hydrogens (tertiary/aromatic N) is 1. The fraction of sp³-hybridized carbons (Fsp3) is 0.0169. The first-order valence-electron chi connectivity index (χ1n) is 20.7. The zero-order valence-electron chi connectivity index (χ0n) is 33.4. The number of hydrogen-bond acceptors (Lipinski definition) is 1. The van der Waals surface area contributed by atoms with Crippen LogP contribution in [0.3, 0.4) is 0 Å². The van der Waals surface area contributed by atoms with Crippen molar-refractivity contribution in [1.29, 1.82) is 0 Å². The van der Waals surface area contributed by atoms with E-state index >= 15 is 0 Å². The predicted octanol–water partition coefficient (Wildman–Crippen LogP) is 16.6. The molecule has 11 aromatic rings. The van der Waals surface area contributed by atoms with Crippen molar-refractivity contribution >= 4 is 70.9 Å². The monoisotopic (exact) mass is 763 g/mol. The van der Waals surface area contributed by atoms with E-state index in [0.717, 1.165) is 22.6 Å². The summed E-state index contributed by atoms with van der Waals surface area (Å²) in [7, 11) is 0. The van der Waals surface area contributed by atoms with Crippen LogP contribution in [0.5, 0.6) is 0 Å². The van der Waals surface area contributed by atoms with E-state index in [4.69, 9.17) is 0 Å². The van der Waals surface area contributed by atoms with Gasteiger partial charge in [0.05, 0.1) is 0 Å². The second kappa shape index (κ2) is 14.6. The molecule has 11 rings (SSSR count). The van der Waals surface area contributed by atoms with E-state index in [2.05, 4.69) is 237 Å². The Labute approximate surface area is 350 Å². The average molecular weight is 764 g/mol. The molecule has 0 saturated carbocycles. The Morgan fingerprint density at radius 1 is 0.350 bits per heavy atom. The molecule has 1 nitrogen and oxygen atoms in total. The van der Waals surface area contributed by atoms with Crippen molar-refractivity contribution in [3.05, 3.63) is 236 Å². The van der Waals surface area contributed by atoms with Gasteiger partial charge in [-0.1, -0.05) is 176 Å². The van der Waals surface area contributed by atoms with Crippen molar-refractivity contribution in [2.45, 2.75) is 6.92 Å². The van der Waals surface area contributed by atoms with Gasteiger partial charge in [0.15, 0.2) is 0 Å². The van der Waals surface area contributed by atoms with Crippen molar-refractivity contribution in [3.63, 3.8) is 0 Å². The van der Waals surface area contributed by atoms with Crippen molar-refractivity contribution < 1.29 is 0 Å². The van der Waals surface area contributed by atoms with Crippen molar-refractivity contribution in [3.8, 4) is 33.4 Å². The molecule has 0 heterocycles. The molecule has 0 aromatic heterocycles. The van der Waals surface area contributed by atoms with E-state index in [0.29, 0.717) is 0 Å². The van der Waals surface area contributed by atoms with Crippen molar-refractivity contribution in [2.75, 3.05) is 4.90 Å². The first-order chi connectivity index (χ1) is 29.6. The van der Waals surface area contributed by atoms with Gasteiger partial charge in [0.1, 0.15) is 0 Å². The van der Waals surface area contributed by atoms with Crippen LogP contribution in [0.25, 0.3) is 92.9 Å². The molecule has 0 aliphatic rings. The fourth-order valence-corrected chi connectivity index (χ4v) is 9.24. The molecule has 0 bridgehead atoms. The van der Waals surface area contributed by atoms with Gasteiger partial charge >= 0.3 is 0 Å². The molecule has 0 spiro atoms. The molecule has 0 saturated heterocycles. The molecule has 0 N–H and O–H groups in total. The van der Waals surface area contributed by atoms with E-state index in [-0.39, 0.29) is 0 Å². The molecule has 0 amide bonds. The Balaban J connectivity index is 1.07. The summed E-state index contributed by atoms with van der Waals surface area (Å²) in [4.78, 5) is 2.27. The van der Waals surface area contributed by atoms with E-state index in [1.54, 1.807) is 0 Å². The van der Waals surface area contributed by atoms with Crippen LogP contribution in [-0.4, -0.2) is 0 Å². The minimum absolute atomic E-state index is 0.937. The normalized spacial score (nSPS) is 11.5. The fourth-order valence-electron chi connectivity index (χ4n) is 9.24. The van der Waals surface area contributed by atoms with Crippen LogP contribution in [-0.2, 0) is 0 Å². The summed E-state index contributed by atoms with van der Waals surface area (Å²) >= 11 is 0. The van der Waals surface area contributed by atoms with Gasteiger partial charge < -0.3 is 4.90 Å². The number of anilines is 2. The van der Waals surface area contributed by atoms with E-state index in [1.807, 2.05) is 0 Å². The van der Waals surface area contributed by atoms with E-state index in [9.17, 15) is 0 Å². The predicted molar refractivity (Wildman–Crippen MR) is 259 cm³/mol. The van der Waals surface area contributed by atoms with Crippen LogP contribution in [0.15, 0.2) is 225 Å². The Bertz CT molecular complexity index is 3470. The molecule has 1 heteroatoms. The summed E-state index contributed by atoms with van der Waals surface area (Å²) in [5, 5.41) is 12.3. The molecule has 0 aliphatic carbocycles. The Kier molecular flexibility index (Phi) is 8.60. The summed E-state index contributed by atoms with van der Waals surface area (Å²) < 4.78 is 0. The van der Waals surface area contributed by atoms with E-state index in [1.165, 1.54) is 92.8 Å². The molecule has 11 aromatic carbocycles. The summed E-state index contributed by atoms with van der Waals surface area (Å²) in [5.41, 5.74) is 12.8. The molecule has 0 fully saturated rings. The molecular formula is C59H41N. The largest absolute Gasteiger partial charge is 0.310 e. The molecule has 0 radical (unpaired) electrons. The molecular weight excluding hydrogens is 723 g/mol. The van der Waals surface area contributed by atoms with Crippen molar-refractivity contribution in [1.82, 2.24) is 0 Å². The molecule has 282 valence electrons. The van der Waals surface area contributed by atoms with Crippen LogP contribution >= 0.6 is 0 Å². The highest BCUT2D eigenvalue weighted by atomic mass is 15.1. The SMILES string of the molecule is C=C(c1ccc2cc(-c3ccc4c(-c5ccc6ccccc6c5)c5ccccc5c(-c5ccc6ccccc6c5)c4c3)ccc2c1)N(c1ccccc1)c1ccccc1C. The third kappa shape index (κ3) is 6.11. The van der Waals surface area contributed by atoms with Gasteiger partial charge in [0.2, 0.25) is 0 Å². The highest BCUT2D eigenvalue weighted by Crippen LogP contribution is 2.46. The van der Waals surface area contributed by atoms with Gasteiger partial charge in [-0.05, 0) is 154 Å². The van der Waals surface area contributed by atoms with Crippen LogP contribution < -0.4 is 4.90 Å². The van der Waals surface area contributed by atoms with Crippen LogP contribution in [0.2, 0.25) is 0 Å². The van der Waals surface area contributed by atoms with Crippen LogP contribution in [0.1, 0.15) is 11.1 Å². The number of rotatable bonds is 7. The maximum atomic E-state index is 4.66. The lowest BCUT2D eigenvalue weighted by Gasteiger charge is -2.29. The highest BCUT2D eigenvalue weighted by Gasteiger charge is 2.20. The van der Waals surface area contributed by atoms with Gasteiger partial charge in [-0.2, -0.15) is 0 Å². The number of fused-ring (bicyclic) bond motifs is 5. The molecule has 0 aliphatic heterocycles. The minimum Gasteiger partial charge on any atom is -0.310 e. The third-order valence-corrected chi connectivity index (χ3v) is 12.2. The maximum absolute atomic E-state index is 4.66. The van der Waals surface area contributed by atoms with Crippen LogP contribution in [0, 0.1) is 6.92 Å². The second-order valence-electron chi connectivity index (χ2n) is 15.9. The lowest BCUT2D eigenvalue weighted by Crippen LogP contribution is -2.15. The van der Waals surface area contributed by atoms with Crippen molar-refractivity contribution in [2.24, 2.45) is 0 Å². The zero-order valence-corrected chi connectivity index (χ0v) is 33.4. The quantitative estimate of drug-likeness (QED) is 0.146. The minimum atomic E-state index is 0.937. The molecule has 0 unspecified atom stereocenters. The Morgan fingerprint density at radius 3 is 1.48 bits per heavy atom. The third-order valence-electron chi connectivity index (χ3n) is 12.2. The highest BCUT2D eigenvalue weighted by molar-refractivity contribution is 6.22. The van der Waals surface area contributed by atoms with E-state index < -0.39 is 0 Å². The Morgan fingerprint density at radius 2 is 0.800 bits per heavy atom. The van der Waals surface area contributed by atoms with Gasteiger partial charge in [-0.25, -0.2) is 0 Å². The lowest BCUT2D eigenvalue weighted by molar-refractivity contribution is 1.26. The second-order valence-corrected chi connectivity index (χ2v) is 15.9. The molecule has 0 atom stereocenters. The summed E-state index contributed by atoms with van der Waals surface area (Å²) in [6, 6.07) is 79.8. The smallest absolute Gasteiger partial charge is 0.0490 e. The molecule has 60 heavy (non-hydrogen) atoms. The lowest BCUT2D eigenvalue weighted by atomic mass is 9.84. The van der Waals surface area contributed by atoms with Gasteiger partial charge in [-0.15, -0.1) is 0 Å². The number of benzene rings is 11. The maximum Gasteiger partial charge on any atom is 0.0490 e. The number of hydrogen-bond donors (Lipinski definition) is 0. The summed E-state index contributed by atoms with van der Waals surface area (Å²) in [5.74, 6) is 0. The topological polar surface area (TPSA) is 3.24 Å². The number of para-hydroxylation sites is 2. The van der Waals surface area contributed by atoms with Gasteiger partial charge in [-0.3, -0.25) is 0 Å². The standard InChI is InChI=1S/C59H41N/c1-39-14-6-13-23-57(39)60(52-19-4-3-5-20-52)40(2)43-26-27-47-35-48(29-28-46(47)34-43)49-32-33-55-56(38-49)59(51-31-25-42-16-8-10-18-45(42)37-51)54-22-12-11-21-53(54)58(55)50-30-24-41-15-7-9-17-44(41)36-50/h3-38H,2H2,1H3. The first kappa shape index (κ1) is 35.4. The van der Waals surface area contributed by atoms with Crippen LogP contribution in [0.4, 0.5) is 11.4 Å². The first-order valence-corrected chi connectivity index (χ1v) is 20.7. The van der Waals surface area contributed by atoms with Gasteiger partial charge in [0, 0.05) is 17.1 Å². The Hall–Kier alpha value is -7.74. The summed E-state index contributed by atoms with van der Waals surface area (Å²) in [6.07, 6.45) is 0. The number of aryl methyl sites for hydroxylation is 1.